The molecule has 1 heterocycles. The molecule has 1 atom stereocenters. The fraction of sp³-hybridized carbons (Fsp3) is 0.429. The maximum atomic E-state index is 12.1. The van der Waals surface area contributed by atoms with E-state index in [4.69, 9.17) is 27.9 Å². The van der Waals surface area contributed by atoms with Gasteiger partial charge in [0.1, 0.15) is 12.6 Å². The number of carbonyl (C=O) groups excluding carboxylic acids is 2. The van der Waals surface area contributed by atoms with Gasteiger partial charge in [-0.3, -0.25) is 14.5 Å². The van der Waals surface area contributed by atoms with Crippen molar-refractivity contribution in [3.63, 3.8) is 0 Å². The molecule has 1 fully saturated rings. The summed E-state index contributed by atoms with van der Waals surface area (Å²) in [6.07, 6.45) is 0.0233. The fourth-order valence-corrected chi connectivity index (χ4v) is 2.58. The molecule has 0 aliphatic carbocycles. The Morgan fingerprint density at radius 2 is 2.24 bits per heavy atom. The monoisotopic (exact) mass is 330 g/mol. The molecule has 1 saturated heterocycles. The molecule has 1 aromatic rings. The Hall–Kier alpha value is -1.30. The normalized spacial score (nSPS) is 19.2. The summed E-state index contributed by atoms with van der Waals surface area (Å²) in [5.74, 6) is -0.670. The lowest BCUT2D eigenvalue weighted by Gasteiger charge is -2.32. The van der Waals surface area contributed by atoms with Crippen molar-refractivity contribution in [3.8, 4) is 0 Å². The third-order valence-electron chi connectivity index (χ3n) is 3.35. The highest BCUT2D eigenvalue weighted by Gasteiger charge is 2.32. The lowest BCUT2D eigenvalue weighted by Crippen LogP contribution is -2.50. The number of ether oxygens (including phenoxy) is 1. The Kier molecular flexibility index (Phi) is 5.45. The number of esters is 1. The molecule has 0 saturated carbocycles. The molecule has 21 heavy (non-hydrogen) atoms. The van der Waals surface area contributed by atoms with Gasteiger partial charge in [0.05, 0.1) is 22.2 Å². The molecule has 1 aliphatic heterocycles. The smallest absolute Gasteiger partial charge is 0.323 e. The Balaban J connectivity index is 2.03. The number of nitrogens with one attached hydrogen (secondary N) is 1. The van der Waals surface area contributed by atoms with Crippen LogP contribution in [0.15, 0.2) is 18.2 Å². The number of nitrogens with zero attached hydrogens (tertiary/aromatic N) is 1. The number of morpholine rings is 1. The lowest BCUT2D eigenvalue weighted by atomic mass is 10.1. The molecule has 0 spiro atoms. The van der Waals surface area contributed by atoms with Crippen LogP contribution in [-0.2, 0) is 14.3 Å². The second-order valence-corrected chi connectivity index (χ2v) is 5.45. The number of amides is 1. The molecule has 2 rings (SSSR count). The van der Waals surface area contributed by atoms with Crippen LogP contribution in [0.5, 0.6) is 0 Å². The van der Waals surface area contributed by atoms with Crippen LogP contribution in [0.2, 0.25) is 10.0 Å². The van der Waals surface area contributed by atoms with Crippen LogP contribution in [0.25, 0.3) is 0 Å². The first-order valence-electron chi connectivity index (χ1n) is 6.67. The first-order chi connectivity index (χ1) is 10.0. The molecular weight excluding hydrogens is 315 g/mol. The molecule has 114 valence electrons. The summed E-state index contributed by atoms with van der Waals surface area (Å²) < 4.78 is 5.01. The van der Waals surface area contributed by atoms with E-state index in [0.29, 0.717) is 30.4 Å². The first-order valence-corrected chi connectivity index (χ1v) is 7.43. The van der Waals surface area contributed by atoms with Crippen LogP contribution in [0, 0.1) is 0 Å². The molecule has 5 nitrogen and oxygen atoms in total. The minimum absolute atomic E-state index is 0.0233. The van der Waals surface area contributed by atoms with Crippen molar-refractivity contribution in [2.45, 2.75) is 19.4 Å². The van der Waals surface area contributed by atoms with E-state index >= 15 is 0 Å². The van der Waals surface area contributed by atoms with Crippen molar-refractivity contribution in [3.05, 3.63) is 28.2 Å². The molecule has 1 aromatic carbocycles. The maximum Gasteiger partial charge on any atom is 0.323 e. The number of hydrogen-bond acceptors (Lipinski definition) is 4. The second-order valence-electron chi connectivity index (χ2n) is 4.67. The van der Waals surface area contributed by atoms with Gasteiger partial charge < -0.3 is 10.1 Å². The Morgan fingerprint density at radius 3 is 2.95 bits per heavy atom. The highest BCUT2D eigenvalue weighted by molar-refractivity contribution is 6.43. The fourth-order valence-electron chi connectivity index (χ4n) is 2.23. The van der Waals surface area contributed by atoms with Gasteiger partial charge in [-0.25, -0.2) is 0 Å². The number of likely N-dealkylation sites (N-methyl/N-ethyl adjacent to an activating group) is 1. The standard InChI is InChI=1S/C14H16Cl2N2O3/c1-2-18-6-7-21-14(20)11(18)8-12(19)17-10-5-3-4-9(15)13(10)16/h3-5,11H,2,6-8H2,1H3,(H,17,19). The molecule has 0 aromatic heterocycles. The van der Waals surface area contributed by atoms with Crippen molar-refractivity contribution in [2.75, 3.05) is 25.0 Å². The summed E-state index contributed by atoms with van der Waals surface area (Å²) in [5.41, 5.74) is 0.432. The SMILES string of the molecule is CCN1CCOC(=O)C1CC(=O)Nc1cccc(Cl)c1Cl. The largest absolute Gasteiger partial charge is 0.463 e. The van der Waals surface area contributed by atoms with Crippen molar-refractivity contribution >= 4 is 40.8 Å². The van der Waals surface area contributed by atoms with Gasteiger partial charge in [-0.2, -0.15) is 0 Å². The van der Waals surface area contributed by atoms with Gasteiger partial charge in [-0.15, -0.1) is 0 Å². The van der Waals surface area contributed by atoms with Crippen LogP contribution >= 0.6 is 23.2 Å². The van der Waals surface area contributed by atoms with Gasteiger partial charge in [0.2, 0.25) is 5.91 Å². The number of carbonyl (C=O) groups is 2. The third kappa shape index (κ3) is 3.87. The van der Waals surface area contributed by atoms with Crippen molar-refractivity contribution < 1.29 is 14.3 Å². The molecule has 0 radical (unpaired) electrons. The first kappa shape index (κ1) is 16.1. The molecule has 1 aliphatic rings. The van der Waals surface area contributed by atoms with Gasteiger partial charge >= 0.3 is 5.97 Å². The average Bonchev–Trinajstić information content (AvgIpc) is 2.46. The van der Waals surface area contributed by atoms with Gasteiger partial charge in [0.25, 0.3) is 0 Å². The van der Waals surface area contributed by atoms with Crippen molar-refractivity contribution in [1.82, 2.24) is 4.90 Å². The number of rotatable bonds is 4. The number of halogens is 2. The Morgan fingerprint density at radius 1 is 1.48 bits per heavy atom. The third-order valence-corrected chi connectivity index (χ3v) is 4.17. The summed E-state index contributed by atoms with van der Waals surface area (Å²) in [6, 6.07) is 4.43. The van der Waals surface area contributed by atoms with Gasteiger partial charge in [0, 0.05) is 6.54 Å². The van der Waals surface area contributed by atoms with E-state index in [-0.39, 0.29) is 23.3 Å². The highest BCUT2D eigenvalue weighted by Crippen LogP contribution is 2.29. The molecule has 1 unspecified atom stereocenters. The quantitative estimate of drug-likeness (QED) is 0.862. The minimum Gasteiger partial charge on any atom is -0.463 e. The zero-order valence-corrected chi connectivity index (χ0v) is 13.1. The van der Waals surface area contributed by atoms with Gasteiger partial charge in [-0.05, 0) is 18.7 Å². The number of hydrogen-bond donors (Lipinski definition) is 1. The molecular formula is C14H16Cl2N2O3. The average molecular weight is 331 g/mol. The van der Waals surface area contributed by atoms with Crippen LogP contribution < -0.4 is 5.32 Å². The molecule has 1 amide bonds. The van der Waals surface area contributed by atoms with Crippen LogP contribution in [0.1, 0.15) is 13.3 Å². The Bertz CT molecular complexity index is 551. The zero-order chi connectivity index (χ0) is 15.4. The van der Waals surface area contributed by atoms with E-state index < -0.39 is 6.04 Å². The zero-order valence-electron chi connectivity index (χ0n) is 11.6. The highest BCUT2D eigenvalue weighted by atomic mass is 35.5. The summed E-state index contributed by atoms with van der Waals surface area (Å²) in [4.78, 5) is 25.8. The maximum absolute atomic E-state index is 12.1. The van der Waals surface area contributed by atoms with Crippen LogP contribution in [0.4, 0.5) is 5.69 Å². The minimum atomic E-state index is -0.554. The van der Waals surface area contributed by atoms with Crippen LogP contribution in [0.3, 0.4) is 0 Å². The topological polar surface area (TPSA) is 58.6 Å². The predicted octanol–water partition coefficient (Wildman–Crippen LogP) is 2.57. The summed E-state index contributed by atoms with van der Waals surface area (Å²) in [5, 5.41) is 3.32. The Labute approximate surface area is 133 Å². The number of cyclic esters (lactones) is 1. The van der Waals surface area contributed by atoms with Gasteiger partial charge in [-0.1, -0.05) is 36.2 Å². The van der Waals surface area contributed by atoms with E-state index in [0.717, 1.165) is 0 Å². The van der Waals surface area contributed by atoms with E-state index in [1.807, 2.05) is 11.8 Å². The number of anilines is 1. The van der Waals surface area contributed by atoms with Gasteiger partial charge in [0.15, 0.2) is 0 Å². The summed E-state index contributed by atoms with van der Waals surface area (Å²) >= 11 is 11.9. The predicted molar refractivity (Wildman–Crippen MR) is 81.7 cm³/mol. The van der Waals surface area contributed by atoms with E-state index in [9.17, 15) is 9.59 Å². The van der Waals surface area contributed by atoms with E-state index in [2.05, 4.69) is 5.32 Å². The molecule has 0 bridgehead atoms. The van der Waals surface area contributed by atoms with E-state index in [1.54, 1.807) is 18.2 Å². The van der Waals surface area contributed by atoms with Crippen molar-refractivity contribution in [2.24, 2.45) is 0 Å². The summed E-state index contributed by atoms with van der Waals surface area (Å²) in [7, 11) is 0. The van der Waals surface area contributed by atoms with Crippen LogP contribution in [-0.4, -0.2) is 42.5 Å². The summed E-state index contributed by atoms with van der Waals surface area (Å²) in [6.45, 7) is 3.63. The molecule has 7 heteroatoms. The number of benzene rings is 1. The second kappa shape index (κ2) is 7.11. The lowest BCUT2D eigenvalue weighted by molar-refractivity contribution is -0.158. The molecule has 1 N–H and O–H groups in total. The van der Waals surface area contributed by atoms with Crippen molar-refractivity contribution in [1.29, 1.82) is 0 Å². The van der Waals surface area contributed by atoms with E-state index in [1.165, 1.54) is 0 Å².